The highest BCUT2D eigenvalue weighted by Crippen LogP contribution is 2.25. The number of rotatable bonds is 8. The molecule has 1 fully saturated rings. The third kappa shape index (κ3) is 5.06. The van der Waals surface area contributed by atoms with Crippen LogP contribution in [0.4, 0.5) is 0 Å². The Morgan fingerprint density at radius 1 is 1.17 bits per heavy atom. The van der Waals surface area contributed by atoms with Gasteiger partial charge in [-0.2, -0.15) is 0 Å². The molecule has 0 saturated carbocycles. The predicted molar refractivity (Wildman–Crippen MR) is 115 cm³/mol. The molecule has 3 aromatic rings. The van der Waals surface area contributed by atoms with E-state index in [1.165, 1.54) is 11.8 Å². The molecule has 1 amide bonds. The standard InChI is InChI=1S/C22H25N5O2S/c1-16(30-22-24-25-26-27(22)15-19-13-8-14-29-19)21(28)23-20(17-9-4-2-5-10-17)18-11-6-3-7-12-18/h2-7,9-12,16,19-20H,8,13-15H2,1H3,(H,23,28). The van der Waals surface area contributed by atoms with Gasteiger partial charge in [0.05, 0.1) is 23.9 Å². The van der Waals surface area contributed by atoms with Gasteiger partial charge in [0, 0.05) is 6.61 Å². The lowest BCUT2D eigenvalue weighted by molar-refractivity contribution is -0.120. The maximum atomic E-state index is 13.0. The van der Waals surface area contributed by atoms with Crippen molar-refractivity contribution in [3.05, 3.63) is 71.8 Å². The molecule has 0 radical (unpaired) electrons. The number of amides is 1. The molecule has 1 saturated heterocycles. The van der Waals surface area contributed by atoms with Crippen LogP contribution in [-0.4, -0.2) is 44.1 Å². The van der Waals surface area contributed by atoms with Gasteiger partial charge in [-0.3, -0.25) is 4.79 Å². The van der Waals surface area contributed by atoms with Crippen molar-refractivity contribution in [2.45, 2.75) is 48.9 Å². The molecule has 2 unspecified atom stereocenters. The van der Waals surface area contributed by atoms with Crippen LogP contribution >= 0.6 is 11.8 Å². The number of nitrogens with zero attached hydrogens (tertiary/aromatic N) is 4. The summed E-state index contributed by atoms with van der Waals surface area (Å²) in [4.78, 5) is 13.0. The molecule has 1 aliphatic rings. The molecule has 8 heteroatoms. The highest BCUT2D eigenvalue weighted by molar-refractivity contribution is 8.00. The van der Waals surface area contributed by atoms with Crippen molar-refractivity contribution in [2.75, 3.05) is 6.61 Å². The first-order chi connectivity index (χ1) is 14.7. The topological polar surface area (TPSA) is 81.9 Å². The first-order valence-corrected chi connectivity index (χ1v) is 11.0. The Bertz CT molecular complexity index is 905. The summed E-state index contributed by atoms with van der Waals surface area (Å²) in [6.07, 6.45) is 2.21. The maximum absolute atomic E-state index is 13.0. The number of nitrogens with one attached hydrogen (secondary N) is 1. The molecule has 2 aromatic carbocycles. The molecule has 2 atom stereocenters. The second-order valence-corrected chi connectivity index (χ2v) is 8.61. The van der Waals surface area contributed by atoms with E-state index in [9.17, 15) is 4.79 Å². The summed E-state index contributed by atoms with van der Waals surface area (Å²) in [7, 11) is 0. The van der Waals surface area contributed by atoms with Crippen molar-refractivity contribution in [1.29, 1.82) is 0 Å². The molecular weight excluding hydrogens is 398 g/mol. The van der Waals surface area contributed by atoms with Gasteiger partial charge < -0.3 is 10.1 Å². The summed E-state index contributed by atoms with van der Waals surface area (Å²) in [5.74, 6) is -0.0654. The Labute approximate surface area is 180 Å². The molecule has 1 N–H and O–H groups in total. The SMILES string of the molecule is CC(Sc1nnnn1CC1CCCO1)C(=O)NC(c1ccccc1)c1ccccc1. The third-order valence-electron chi connectivity index (χ3n) is 5.10. The molecule has 30 heavy (non-hydrogen) atoms. The van der Waals surface area contributed by atoms with Crippen molar-refractivity contribution in [3.63, 3.8) is 0 Å². The predicted octanol–water partition coefficient (Wildman–Crippen LogP) is 3.24. The van der Waals surface area contributed by atoms with E-state index in [0.29, 0.717) is 11.7 Å². The number of hydrogen-bond acceptors (Lipinski definition) is 6. The van der Waals surface area contributed by atoms with Gasteiger partial charge in [-0.05, 0) is 41.3 Å². The monoisotopic (exact) mass is 423 g/mol. The lowest BCUT2D eigenvalue weighted by Gasteiger charge is -2.22. The van der Waals surface area contributed by atoms with E-state index < -0.39 is 0 Å². The zero-order valence-electron chi connectivity index (χ0n) is 16.8. The maximum Gasteiger partial charge on any atom is 0.234 e. The molecule has 0 aliphatic carbocycles. The molecule has 0 spiro atoms. The number of ether oxygens (including phenoxy) is 1. The van der Waals surface area contributed by atoms with Crippen LogP contribution in [0.5, 0.6) is 0 Å². The average Bonchev–Trinajstić information content (AvgIpc) is 3.46. The molecule has 7 nitrogen and oxygen atoms in total. The Hall–Kier alpha value is -2.71. The molecule has 1 aromatic heterocycles. The molecule has 2 heterocycles. The van der Waals surface area contributed by atoms with Crippen molar-refractivity contribution in [2.24, 2.45) is 0 Å². The van der Waals surface area contributed by atoms with Gasteiger partial charge in [0.15, 0.2) is 0 Å². The minimum absolute atomic E-state index is 0.0654. The average molecular weight is 424 g/mol. The Balaban J connectivity index is 1.45. The number of tetrazole rings is 1. The number of carbonyl (C=O) groups is 1. The second kappa shape index (κ2) is 9.86. The van der Waals surface area contributed by atoms with E-state index in [1.807, 2.05) is 67.6 Å². The second-order valence-electron chi connectivity index (χ2n) is 7.30. The largest absolute Gasteiger partial charge is 0.376 e. The van der Waals surface area contributed by atoms with Crippen molar-refractivity contribution >= 4 is 17.7 Å². The number of benzene rings is 2. The smallest absolute Gasteiger partial charge is 0.234 e. The van der Waals surface area contributed by atoms with Crippen molar-refractivity contribution < 1.29 is 9.53 Å². The molecule has 156 valence electrons. The van der Waals surface area contributed by atoms with E-state index in [2.05, 4.69) is 20.8 Å². The number of hydrogen-bond donors (Lipinski definition) is 1. The third-order valence-corrected chi connectivity index (χ3v) is 6.17. The number of aromatic nitrogens is 4. The van der Waals surface area contributed by atoms with Gasteiger partial charge in [-0.15, -0.1) is 5.10 Å². The normalized spacial score (nSPS) is 17.2. The number of thioether (sulfide) groups is 1. The highest BCUT2D eigenvalue weighted by Gasteiger charge is 2.24. The summed E-state index contributed by atoms with van der Waals surface area (Å²) < 4.78 is 7.41. The summed E-state index contributed by atoms with van der Waals surface area (Å²) in [6.45, 7) is 3.27. The summed E-state index contributed by atoms with van der Waals surface area (Å²) >= 11 is 1.36. The zero-order valence-corrected chi connectivity index (χ0v) is 17.7. The Morgan fingerprint density at radius 2 is 1.83 bits per heavy atom. The van der Waals surface area contributed by atoms with E-state index in [1.54, 1.807) is 4.68 Å². The van der Waals surface area contributed by atoms with Gasteiger partial charge in [-0.25, -0.2) is 4.68 Å². The van der Waals surface area contributed by atoms with E-state index >= 15 is 0 Å². The van der Waals surface area contributed by atoms with E-state index in [0.717, 1.165) is 30.6 Å². The van der Waals surface area contributed by atoms with Crippen LogP contribution in [0.3, 0.4) is 0 Å². The fourth-order valence-corrected chi connectivity index (χ4v) is 4.31. The van der Waals surface area contributed by atoms with Crippen LogP contribution < -0.4 is 5.32 Å². The summed E-state index contributed by atoms with van der Waals surface area (Å²) in [5, 5.41) is 15.4. The highest BCUT2D eigenvalue weighted by atomic mass is 32.2. The minimum Gasteiger partial charge on any atom is -0.376 e. The molecule has 0 bridgehead atoms. The summed E-state index contributed by atoms with van der Waals surface area (Å²) in [6, 6.07) is 19.8. The van der Waals surface area contributed by atoms with Crippen molar-refractivity contribution in [1.82, 2.24) is 25.5 Å². The minimum atomic E-state index is -0.353. The first kappa shape index (κ1) is 20.6. The van der Waals surface area contributed by atoms with Crippen molar-refractivity contribution in [3.8, 4) is 0 Å². The Kier molecular flexibility index (Phi) is 6.76. The van der Waals surface area contributed by atoms with E-state index in [-0.39, 0.29) is 23.3 Å². The van der Waals surface area contributed by atoms with E-state index in [4.69, 9.17) is 4.74 Å². The lowest BCUT2D eigenvalue weighted by atomic mass is 9.98. The fraction of sp³-hybridized carbons (Fsp3) is 0.364. The van der Waals surface area contributed by atoms with Gasteiger partial charge in [-0.1, -0.05) is 72.4 Å². The van der Waals surface area contributed by atoms with Gasteiger partial charge in [0.25, 0.3) is 0 Å². The van der Waals surface area contributed by atoms with Gasteiger partial charge in [0.2, 0.25) is 11.1 Å². The first-order valence-electron chi connectivity index (χ1n) is 10.2. The van der Waals surface area contributed by atoms with Crippen LogP contribution in [0.1, 0.15) is 36.9 Å². The fourth-order valence-electron chi connectivity index (χ4n) is 3.50. The van der Waals surface area contributed by atoms with Crippen LogP contribution in [-0.2, 0) is 16.1 Å². The molecule has 4 rings (SSSR count). The number of carbonyl (C=O) groups excluding carboxylic acids is 1. The van der Waals surface area contributed by atoms with Gasteiger partial charge in [0.1, 0.15) is 0 Å². The van der Waals surface area contributed by atoms with Gasteiger partial charge >= 0.3 is 0 Å². The Morgan fingerprint density at radius 3 is 2.43 bits per heavy atom. The van der Waals surface area contributed by atoms with Crippen LogP contribution in [0.2, 0.25) is 0 Å². The summed E-state index contributed by atoms with van der Waals surface area (Å²) in [5.41, 5.74) is 2.08. The molecular formula is C22H25N5O2S. The lowest BCUT2D eigenvalue weighted by Crippen LogP contribution is -2.35. The van der Waals surface area contributed by atoms with Crippen LogP contribution in [0.25, 0.3) is 0 Å². The quantitative estimate of drug-likeness (QED) is 0.560. The van der Waals surface area contributed by atoms with Crippen LogP contribution in [0.15, 0.2) is 65.8 Å². The zero-order chi connectivity index (χ0) is 20.8. The van der Waals surface area contributed by atoms with Crippen LogP contribution in [0, 0.1) is 0 Å². The molecule has 1 aliphatic heterocycles.